The molecule has 1 aliphatic carbocycles. The van der Waals surface area contributed by atoms with Gasteiger partial charge in [-0.2, -0.15) is 0 Å². The maximum absolute atomic E-state index is 12.9. The van der Waals surface area contributed by atoms with E-state index in [2.05, 4.69) is 12.2 Å². The fraction of sp³-hybridized carbons (Fsp3) is 0.524. The van der Waals surface area contributed by atoms with Crippen molar-refractivity contribution in [3.05, 3.63) is 39.1 Å². The summed E-state index contributed by atoms with van der Waals surface area (Å²) in [4.78, 5) is 26.2. The van der Waals surface area contributed by atoms with Crippen molar-refractivity contribution in [3.63, 3.8) is 0 Å². The first-order chi connectivity index (χ1) is 14.4. The summed E-state index contributed by atoms with van der Waals surface area (Å²) in [5.74, 6) is 0.438. The van der Waals surface area contributed by atoms with Crippen LogP contribution in [0.25, 0.3) is 0 Å². The predicted molar refractivity (Wildman–Crippen MR) is 117 cm³/mol. The maximum Gasteiger partial charge on any atom is 0.315 e. The standard InChI is InChI=1S/C21H27N3O5S/c1-4-10-23-14-8-7-9-16(25)18(14)19(22-21(23)30)13-11-15(24(26)27)20(29-6-3)17(12-13)28-5-2/h11-12,19H,4-10H2,1-3H3,(H,22,30). The second-order valence-corrected chi connectivity index (χ2v) is 7.55. The lowest BCUT2D eigenvalue weighted by Crippen LogP contribution is -2.49. The molecule has 0 spiro atoms. The number of nitrogens with one attached hydrogen (secondary N) is 1. The number of ketones is 1. The Morgan fingerprint density at radius 2 is 1.97 bits per heavy atom. The molecule has 0 saturated heterocycles. The molecule has 9 heteroatoms. The SMILES string of the molecule is CCCN1C(=S)NC(c2cc(OCC)c(OCC)c([N+](=O)[O-])c2)C2=C1CCCC2=O. The van der Waals surface area contributed by atoms with Gasteiger partial charge in [-0.3, -0.25) is 14.9 Å². The van der Waals surface area contributed by atoms with Crippen LogP contribution in [0.5, 0.6) is 11.5 Å². The number of nitro benzene ring substituents is 1. The average molecular weight is 434 g/mol. The highest BCUT2D eigenvalue weighted by atomic mass is 32.1. The van der Waals surface area contributed by atoms with E-state index in [0.717, 1.165) is 31.5 Å². The lowest BCUT2D eigenvalue weighted by atomic mass is 9.84. The average Bonchev–Trinajstić information content (AvgIpc) is 2.71. The Balaban J connectivity index is 2.18. The zero-order valence-corrected chi connectivity index (χ0v) is 18.3. The smallest absolute Gasteiger partial charge is 0.315 e. The van der Waals surface area contributed by atoms with Crippen molar-refractivity contribution in [2.24, 2.45) is 0 Å². The van der Waals surface area contributed by atoms with E-state index in [-0.39, 0.29) is 29.6 Å². The van der Waals surface area contributed by atoms with Crippen molar-refractivity contribution >= 4 is 28.8 Å². The van der Waals surface area contributed by atoms with E-state index in [0.29, 0.717) is 29.3 Å². The fourth-order valence-corrected chi connectivity index (χ4v) is 4.34. The Bertz CT molecular complexity index is 899. The zero-order chi connectivity index (χ0) is 21.8. The van der Waals surface area contributed by atoms with Gasteiger partial charge in [0.2, 0.25) is 5.75 Å². The second-order valence-electron chi connectivity index (χ2n) is 7.16. The summed E-state index contributed by atoms with van der Waals surface area (Å²) in [7, 11) is 0. The molecule has 8 nitrogen and oxygen atoms in total. The molecule has 30 heavy (non-hydrogen) atoms. The van der Waals surface area contributed by atoms with Crippen molar-refractivity contribution in [1.82, 2.24) is 10.2 Å². The van der Waals surface area contributed by atoms with E-state index in [1.807, 2.05) is 4.90 Å². The molecule has 1 atom stereocenters. The van der Waals surface area contributed by atoms with Gasteiger partial charge in [-0.1, -0.05) is 6.92 Å². The van der Waals surface area contributed by atoms with Gasteiger partial charge in [0.15, 0.2) is 16.6 Å². The third kappa shape index (κ3) is 4.12. The van der Waals surface area contributed by atoms with Gasteiger partial charge in [0, 0.05) is 30.3 Å². The molecule has 1 aromatic rings. The van der Waals surface area contributed by atoms with Gasteiger partial charge in [0.1, 0.15) is 0 Å². The molecule has 0 fully saturated rings. The van der Waals surface area contributed by atoms with Crippen LogP contribution >= 0.6 is 12.2 Å². The zero-order valence-electron chi connectivity index (χ0n) is 17.5. The minimum absolute atomic E-state index is 0.0480. The number of carbonyl (C=O) groups is 1. The number of carbonyl (C=O) groups excluding carboxylic acids is 1. The second kappa shape index (κ2) is 9.42. The normalized spacial score (nSPS) is 18.8. The number of ether oxygens (including phenoxy) is 2. The molecule has 1 N–H and O–H groups in total. The molecule has 1 unspecified atom stereocenters. The lowest BCUT2D eigenvalue weighted by molar-refractivity contribution is -0.386. The van der Waals surface area contributed by atoms with Crippen LogP contribution in [0.3, 0.4) is 0 Å². The highest BCUT2D eigenvalue weighted by Gasteiger charge is 2.38. The largest absolute Gasteiger partial charge is 0.490 e. The molecule has 0 saturated carbocycles. The number of hydrogen-bond acceptors (Lipinski definition) is 6. The van der Waals surface area contributed by atoms with E-state index in [4.69, 9.17) is 21.7 Å². The highest BCUT2D eigenvalue weighted by Crippen LogP contribution is 2.44. The van der Waals surface area contributed by atoms with E-state index in [1.165, 1.54) is 6.07 Å². The van der Waals surface area contributed by atoms with E-state index in [9.17, 15) is 14.9 Å². The van der Waals surface area contributed by atoms with Crippen LogP contribution in [-0.2, 0) is 4.79 Å². The van der Waals surface area contributed by atoms with E-state index in [1.54, 1.807) is 19.9 Å². The number of rotatable bonds is 8. The van der Waals surface area contributed by atoms with Gasteiger partial charge in [-0.05, 0) is 57.0 Å². The quantitative estimate of drug-likeness (QED) is 0.373. The fourth-order valence-electron chi connectivity index (χ4n) is 4.02. The predicted octanol–water partition coefficient (Wildman–Crippen LogP) is 4.04. The van der Waals surface area contributed by atoms with Crippen molar-refractivity contribution in [2.75, 3.05) is 19.8 Å². The van der Waals surface area contributed by atoms with Crippen LogP contribution in [-0.4, -0.2) is 40.5 Å². The lowest BCUT2D eigenvalue weighted by Gasteiger charge is -2.41. The minimum atomic E-state index is -0.554. The maximum atomic E-state index is 12.9. The Morgan fingerprint density at radius 3 is 2.60 bits per heavy atom. The third-order valence-electron chi connectivity index (χ3n) is 5.18. The molecule has 0 amide bonds. The number of Topliss-reactive ketones (excluding diaryl/α,β-unsaturated/α-hetero) is 1. The number of thiocarbonyl (C=S) groups is 1. The minimum Gasteiger partial charge on any atom is -0.490 e. The molecule has 0 bridgehead atoms. The number of benzene rings is 1. The van der Waals surface area contributed by atoms with E-state index < -0.39 is 11.0 Å². The van der Waals surface area contributed by atoms with Gasteiger partial charge in [0.05, 0.1) is 24.2 Å². The number of nitro groups is 1. The molecule has 3 rings (SSSR count). The van der Waals surface area contributed by atoms with Crippen LogP contribution in [0, 0.1) is 10.1 Å². The van der Waals surface area contributed by atoms with Crippen LogP contribution in [0.1, 0.15) is 58.1 Å². The summed E-state index contributed by atoms with van der Waals surface area (Å²) in [6.45, 7) is 6.94. The van der Waals surface area contributed by atoms with Gasteiger partial charge in [0.25, 0.3) is 0 Å². The van der Waals surface area contributed by atoms with Crippen LogP contribution < -0.4 is 14.8 Å². The summed E-state index contributed by atoms with van der Waals surface area (Å²) >= 11 is 5.59. The molecule has 162 valence electrons. The van der Waals surface area contributed by atoms with Gasteiger partial charge >= 0.3 is 5.69 Å². The van der Waals surface area contributed by atoms with Gasteiger partial charge in [-0.25, -0.2) is 0 Å². The molecule has 2 aliphatic rings. The van der Waals surface area contributed by atoms with Crippen LogP contribution in [0.2, 0.25) is 0 Å². The summed E-state index contributed by atoms with van der Waals surface area (Å²) in [6, 6.07) is 2.61. The first kappa shape index (κ1) is 22.0. The third-order valence-corrected chi connectivity index (χ3v) is 5.52. The Hall–Kier alpha value is -2.68. The van der Waals surface area contributed by atoms with Crippen LogP contribution in [0.4, 0.5) is 5.69 Å². The summed E-state index contributed by atoms with van der Waals surface area (Å²) < 4.78 is 11.2. The molecular formula is C21H27N3O5S. The number of nitrogens with zero attached hydrogens (tertiary/aromatic N) is 2. The Morgan fingerprint density at radius 1 is 1.23 bits per heavy atom. The number of allylic oxidation sites excluding steroid dienone is 1. The monoisotopic (exact) mass is 433 g/mol. The summed E-state index contributed by atoms with van der Waals surface area (Å²) in [5, 5.41) is 15.5. The summed E-state index contributed by atoms with van der Waals surface area (Å²) in [5.41, 5.74) is 1.95. The first-order valence-corrected chi connectivity index (χ1v) is 10.8. The Labute approximate surface area is 181 Å². The highest BCUT2D eigenvalue weighted by molar-refractivity contribution is 7.80. The van der Waals surface area contributed by atoms with E-state index >= 15 is 0 Å². The van der Waals surface area contributed by atoms with Gasteiger partial charge < -0.3 is 19.7 Å². The molecule has 1 aromatic carbocycles. The molecular weight excluding hydrogens is 406 g/mol. The van der Waals surface area contributed by atoms with Crippen molar-refractivity contribution < 1.29 is 19.2 Å². The van der Waals surface area contributed by atoms with Crippen molar-refractivity contribution in [1.29, 1.82) is 0 Å². The van der Waals surface area contributed by atoms with Gasteiger partial charge in [-0.15, -0.1) is 0 Å². The van der Waals surface area contributed by atoms with Crippen LogP contribution in [0.15, 0.2) is 23.4 Å². The summed E-state index contributed by atoms with van der Waals surface area (Å²) in [6.07, 6.45) is 2.89. The molecule has 1 heterocycles. The van der Waals surface area contributed by atoms with Crippen molar-refractivity contribution in [2.45, 2.75) is 52.5 Å². The van der Waals surface area contributed by atoms with Crippen molar-refractivity contribution in [3.8, 4) is 11.5 Å². The Kier molecular flexibility index (Phi) is 6.91. The molecule has 1 aliphatic heterocycles. The topological polar surface area (TPSA) is 93.9 Å². The molecule has 0 aromatic heterocycles. The number of hydrogen-bond donors (Lipinski definition) is 1. The first-order valence-electron chi connectivity index (χ1n) is 10.3. The molecule has 0 radical (unpaired) electrons.